The van der Waals surface area contributed by atoms with Crippen molar-refractivity contribution in [1.82, 2.24) is 14.8 Å². The van der Waals surface area contributed by atoms with Crippen LogP contribution in [0.15, 0.2) is 91.4 Å². The number of halogens is 1. The molecule has 6 heteroatoms. The number of nitrogens with zero attached hydrogens (tertiary/aromatic N) is 4. The quantitative estimate of drug-likeness (QED) is 0.495. The molecule has 0 saturated heterocycles. The van der Waals surface area contributed by atoms with Gasteiger partial charge in [-0.2, -0.15) is 5.10 Å². The summed E-state index contributed by atoms with van der Waals surface area (Å²) in [4.78, 5) is 19.3. The number of anilines is 1. The Morgan fingerprint density at radius 1 is 0.929 bits per heavy atom. The van der Waals surface area contributed by atoms with Crippen molar-refractivity contribution >= 4 is 23.2 Å². The smallest absolute Gasteiger partial charge is 0.258 e. The van der Waals surface area contributed by atoms with Crippen molar-refractivity contribution in [2.45, 2.75) is 6.54 Å². The minimum absolute atomic E-state index is 0.111. The van der Waals surface area contributed by atoms with E-state index < -0.39 is 0 Å². The van der Waals surface area contributed by atoms with Gasteiger partial charge in [-0.05, 0) is 66.7 Å². The number of aromatic nitrogens is 3. The van der Waals surface area contributed by atoms with Crippen LogP contribution in [0.1, 0.15) is 16.1 Å². The molecule has 0 N–H and O–H groups in total. The molecule has 0 unspecified atom stereocenters. The summed E-state index contributed by atoms with van der Waals surface area (Å²) >= 11 is 6.02. The Balaban J connectivity index is 1.65. The predicted octanol–water partition coefficient (Wildman–Crippen LogP) is 4.77. The summed E-state index contributed by atoms with van der Waals surface area (Å²) in [6.07, 6.45) is 5.30. The summed E-state index contributed by atoms with van der Waals surface area (Å²) in [5.41, 5.74) is 3.04. The summed E-state index contributed by atoms with van der Waals surface area (Å²) in [5.74, 6) is -0.111. The maximum atomic E-state index is 13.3. The Morgan fingerprint density at radius 2 is 1.71 bits per heavy atom. The van der Waals surface area contributed by atoms with Gasteiger partial charge in [0.2, 0.25) is 0 Å². The van der Waals surface area contributed by atoms with Crippen LogP contribution in [0.25, 0.3) is 5.69 Å². The van der Waals surface area contributed by atoms with Crippen LogP contribution in [0, 0.1) is 0 Å². The fourth-order valence-corrected chi connectivity index (χ4v) is 3.02. The Hall–Kier alpha value is -3.44. The summed E-state index contributed by atoms with van der Waals surface area (Å²) in [5, 5.41) is 4.83. The van der Waals surface area contributed by atoms with Gasteiger partial charge in [0.15, 0.2) is 0 Å². The van der Waals surface area contributed by atoms with E-state index >= 15 is 0 Å². The van der Waals surface area contributed by atoms with Gasteiger partial charge < -0.3 is 4.90 Å². The van der Waals surface area contributed by atoms with Crippen LogP contribution in [-0.4, -0.2) is 20.7 Å². The van der Waals surface area contributed by atoms with Crippen LogP contribution in [0.4, 0.5) is 5.69 Å². The largest absolute Gasteiger partial charge is 0.302 e. The molecule has 2 aromatic carbocycles. The number of amides is 1. The molecule has 2 aromatic heterocycles. The SMILES string of the molecule is O=C(c1ccc(-n2cccn2)cc1)N(Cc1ccccn1)c1ccc(Cl)cc1. The van der Waals surface area contributed by atoms with Crippen molar-refractivity contribution in [3.63, 3.8) is 0 Å². The Morgan fingerprint density at radius 3 is 2.36 bits per heavy atom. The van der Waals surface area contributed by atoms with Crippen molar-refractivity contribution < 1.29 is 4.79 Å². The van der Waals surface area contributed by atoms with Crippen LogP contribution in [0.2, 0.25) is 5.02 Å². The number of carbonyl (C=O) groups is 1. The van der Waals surface area contributed by atoms with Crippen LogP contribution in [0.5, 0.6) is 0 Å². The normalized spacial score (nSPS) is 10.6. The molecule has 0 aliphatic rings. The molecule has 4 aromatic rings. The molecule has 0 aliphatic carbocycles. The van der Waals surface area contributed by atoms with Crippen molar-refractivity contribution in [2.75, 3.05) is 4.90 Å². The Kier molecular flexibility index (Phi) is 5.17. The average molecular weight is 389 g/mol. The topological polar surface area (TPSA) is 51.0 Å². The third-order valence-corrected chi connectivity index (χ3v) is 4.56. The molecule has 0 radical (unpaired) electrons. The highest BCUT2D eigenvalue weighted by Gasteiger charge is 2.19. The lowest BCUT2D eigenvalue weighted by Crippen LogP contribution is -2.30. The number of carbonyl (C=O) groups excluding carboxylic acids is 1. The molecular weight excluding hydrogens is 372 g/mol. The first-order chi connectivity index (χ1) is 13.7. The van der Waals surface area contributed by atoms with Crippen molar-refractivity contribution in [3.8, 4) is 5.69 Å². The highest BCUT2D eigenvalue weighted by Crippen LogP contribution is 2.22. The first-order valence-electron chi connectivity index (χ1n) is 8.78. The molecule has 28 heavy (non-hydrogen) atoms. The lowest BCUT2D eigenvalue weighted by atomic mass is 10.1. The van der Waals surface area contributed by atoms with E-state index in [-0.39, 0.29) is 5.91 Å². The summed E-state index contributed by atoms with van der Waals surface area (Å²) in [6.45, 7) is 0.363. The van der Waals surface area contributed by atoms with Crippen molar-refractivity contribution in [2.24, 2.45) is 0 Å². The van der Waals surface area contributed by atoms with Crippen LogP contribution >= 0.6 is 11.6 Å². The average Bonchev–Trinajstić information content (AvgIpc) is 3.28. The van der Waals surface area contributed by atoms with Gasteiger partial charge in [0.1, 0.15) is 0 Å². The van der Waals surface area contributed by atoms with Crippen LogP contribution in [0.3, 0.4) is 0 Å². The fourth-order valence-electron chi connectivity index (χ4n) is 2.89. The summed E-state index contributed by atoms with van der Waals surface area (Å²) in [6, 6.07) is 22.1. The minimum atomic E-state index is -0.111. The van der Waals surface area contributed by atoms with Gasteiger partial charge in [-0.25, -0.2) is 4.68 Å². The van der Waals surface area contributed by atoms with Crippen LogP contribution in [-0.2, 0) is 6.54 Å². The zero-order valence-corrected chi connectivity index (χ0v) is 15.7. The standard InChI is InChI=1S/C22H17ClN4O/c23-18-7-11-20(12-8-18)26(16-19-4-1-2-13-24-19)22(28)17-5-9-21(10-6-17)27-15-3-14-25-27/h1-15H,16H2. The van der Waals surface area contributed by atoms with Gasteiger partial charge in [0.05, 0.1) is 17.9 Å². The molecule has 1 amide bonds. The monoisotopic (exact) mass is 388 g/mol. The van der Waals surface area contributed by atoms with Gasteiger partial charge in [0, 0.05) is 34.9 Å². The first-order valence-corrected chi connectivity index (χ1v) is 9.16. The molecule has 0 aliphatic heterocycles. The molecule has 138 valence electrons. The zero-order valence-electron chi connectivity index (χ0n) is 14.9. The second-order valence-electron chi connectivity index (χ2n) is 6.19. The van der Waals surface area contributed by atoms with E-state index in [0.29, 0.717) is 17.1 Å². The van der Waals surface area contributed by atoms with E-state index in [2.05, 4.69) is 10.1 Å². The molecule has 0 bridgehead atoms. The molecule has 0 atom stereocenters. The zero-order chi connectivity index (χ0) is 19.3. The number of hydrogen-bond donors (Lipinski definition) is 0. The lowest BCUT2D eigenvalue weighted by Gasteiger charge is -2.23. The molecule has 0 fully saturated rings. The second kappa shape index (κ2) is 8.06. The maximum absolute atomic E-state index is 13.3. The van der Waals surface area contributed by atoms with E-state index in [1.54, 1.807) is 46.2 Å². The van der Waals surface area contributed by atoms with Gasteiger partial charge in [-0.1, -0.05) is 17.7 Å². The third kappa shape index (κ3) is 3.94. The Labute approximate surface area is 167 Å². The second-order valence-corrected chi connectivity index (χ2v) is 6.62. The van der Waals surface area contributed by atoms with E-state index in [4.69, 9.17) is 11.6 Å². The highest BCUT2D eigenvalue weighted by atomic mass is 35.5. The van der Waals surface area contributed by atoms with E-state index in [0.717, 1.165) is 17.1 Å². The Bertz CT molecular complexity index is 1050. The molecule has 5 nitrogen and oxygen atoms in total. The fraction of sp³-hybridized carbons (Fsp3) is 0.0455. The third-order valence-electron chi connectivity index (χ3n) is 4.31. The van der Waals surface area contributed by atoms with Gasteiger partial charge in [0.25, 0.3) is 5.91 Å². The molecular formula is C22H17ClN4O. The van der Waals surface area contributed by atoms with Gasteiger partial charge in [-0.15, -0.1) is 0 Å². The lowest BCUT2D eigenvalue weighted by molar-refractivity contribution is 0.0985. The number of rotatable bonds is 5. The minimum Gasteiger partial charge on any atom is -0.302 e. The van der Waals surface area contributed by atoms with Crippen molar-refractivity contribution in [1.29, 1.82) is 0 Å². The summed E-state index contributed by atoms with van der Waals surface area (Å²) < 4.78 is 1.75. The van der Waals surface area contributed by atoms with E-state index in [1.807, 2.05) is 54.7 Å². The molecule has 0 spiro atoms. The number of benzene rings is 2. The highest BCUT2D eigenvalue weighted by molar-refractivity contribution is 6.30. The number of pyridine rings is 1. The van der Waals surface area contributed by atoms with Gasteiger partial charge >= 0.3 is 0 Å². The first kappa shape index (κ1) is 17.9. The number of hydrogen-bond acceptors (Lipinski definition) is 3. The van der Waals surface area contributed by atoms with E-state index in [9.17, 15) is 4.79 Å². The molecule has 0 saturated carbocycles. The molecule has 4 rings (SSSR count). The van der Waals surface area contributed by atoms with Crippen LogP contribution < -0.4 is 4.90 Å². The summed E-state index contributed by atoms with van der Waals surface area (Å²) in [7, 11) is 0. The predicted molar refractivity (Wildman–Crippen MR) is 110 cm³/mol. The maximum Gasteiger partial charge on any atom is 0.258 e. The molecule has 2 heterocycles. The van der Waals surface area contributed by atoms with Gasteiger partial charge in [-0.3, -0.25) is 9.78 Å². The van der Waals surface area contributed by atoms with E-state index in [1.165, 1.54) is 0 Å². The van der Waals surface area contributed by atoms with Crippen molar-refractivity contribution in [3.05, 3.63) is 108 Å².